The first kappa shape index (κ1) is 24.1. The van der Waals surface area contributed by atoms with Crippen molar-refractivity contribution in [3.63, 3.8) is 0 Å². The predicted molar refractivity (Wildman–Crippen MR) is 128 cm³/mol. The lowest BCUT2D eigenvalue weighted by Crippen LogP contribution is -2.10. The molecule has 0 bridgehead atoms. The Morgan fingerprint density at radius 1 is 0.970 bits per heavy atom. The Labute approximate surface area is 195 Å². The molecule has 3 aromatic rings. The van der Waals surface area contributed by atoms with Gasteiger partial charge in [0.1, 0.15) is 11.5 Å². The average molecular weight is 450 g/mol. The number of ether oxygens (including phenoxy) is 3. The minimum Gasteiger partial charge on any atom is -0.493 e. The zero-order chi connectivity index (χ0) is 23.8. The number of aromatic nitrogens is 1. The minimum atomic E-state index is -0.463. The SMILES string of the molecule is CCOC(=O)/C(=C/c1ccc(OCCc2nc(-c3ccccc3)oc2C)c(C)c1C)OCC. The molecule has 0 amide bonds. The number of carbonyl (C=O) groups excluding carboxylic acids is 1. The third kappa shape index (κ3) is 6.04. The van der Waals surface area contributed by atoms with Crippen LogP contribution in [0.1, 0.15) is 42.0 Å². The quantitative estimate of drug-likeness (QED) is 0.220. The zero-order valence-corrected chi connectivity index (χ0v) is 19.9. The van der Waals surface area contributed by atoms with Gasteiger partial charge in [0.05, 0.1) is 25.5 Å². The molecule has 0 aliphatic rings. The standard InChI is InChI=1S/C27H31NO5/c1-6-30-25(27(29)31-7-2)17-22-13-14-24(19(4)18(22)3)32-16-15-23-20(5)33-26(28-23)21-11-9-8-10-12-21/h8-14,17H,6-7,15-16H2,1-5H3/b25-17-. The molecule has 0 fully saturated rings. The molecule has 3 rings (SSSR count). The first-order valence-corrected chi connectivity index (χ1v) is 11.2. The van der Waals surface area contributed by atoms with Gasteiger partial charge in [-0.1, -0.05) is 24.3 Å². The van der Waals surface area contributed by atoms with E-state index in [9.17, 15) is 4.79 Å². The smallest absolute Gasteiger partial charge is 0.373 e. The molecule has 1 aromatic heterocycles. The molecule has 6 heteroatoms. The van der Waals surface area contributed by atoms with Crippen molar-refractivity contribution in [2.45, 2.75) is 41.0 Å². The number of nitrogens with zero attached hydrogens (tertiary/aromatic N) is 1. The molecule has 0 spiro atoms. The van der Waals surface area contributed by atoms with Crippen LogP contribution in [0, 0.1) is 20.8 Å². The van der Waals surface area contributed by atoms with Crippen molar-refractivity contribution in [2.75, 3.05) is 19.8 Å². The summed E-state index contributed by atoms with van der Waals surface area (Å²) in [7, 11) is 0. The number of aryl methyl sites for hydroxylation is 1. The first-order valence-electron chi connectivity index (χ1n) is 11.2. The number of hydrogen-bond donors (Lipinski definition) is 0. The lowest BCUT2D eigenvalue weighted by molar-refractivity contribution is -0.142. The van der Waals surface area contributed by atoms with Gasteiger partial charge in [0.25, 0.3) is 0 Å². The molecule has 0 N–H and O–H groups in total. The summed E-state index contributed by atoms with van der Waals surface area (Å²) in [4.78, 5) is 16.8. The van der Waals surface area contributed by atoms with Gasteiger partial charge >= 0.3 is 5.97 Å². The third-order valence-corrected chi connectivity index (χ3v) is 5.35. The molecule has 1 heterocycles. The monoisotopic (exact) mass is 449 g/mol. The Kier molecular flexibility index (Phi) is 8.30. The highest BCUT2D eigenvalue weighted by Gasteiger charge is 2.15. The second-order valence-corrected chi connectivity index (χ2v) is 7.55. The minimum absolute atomic E-state index is 0.200. The van der Waals surface area contributed by atoms with Crippen LogP contribution in [-0.4, -0.2) is 30.8 Å². The van der Waals surface area contributed by atoms with Crippen LogP contribution in [0.3, 0.4) is 0 Å². The van der Waals surface area contributed by atoms with Crippen molar-refractivity contribution >= 4 is 12.0 Å². The molecule has 0 radical (unpaired) electrons. The second-order valence-electron chi connectivity index (χ2n) is 7.55. The number of esters is 1. The molecule has 0 aliphatic heterocycles. The van der Waals surface area contributed by atoms with E-state index in [0.717, 1.165) is 39.5 Å². The van der Waals surface area contributed by atoms with Crippen molar-refractivity contribution in [2.24, 2.45) is 0 Å². The highest BCUT2D eigenvalue weighted by atomic mass is 16.6. The van der Waals surface area contributed by atoms with Crippen LogP contribution < -0.4 is 4.74 Å². The van der Waals surface area contributed by atoms with Crippen molar-refractivity contribution in [1.82, 2.24) is 4.98 Å². The molecule has 174 valence electrons. The Bertz CT molecular complexity index is 1120. The van der Waals surface area contributed by atoms with Crippen LogP contribution in [0.2, 0.25) is 0 Å². The summed E-state index contributed by atoms with van der Waals surface area (Å²) in [6.45, 7) is 10.7. The Morgan fingerprint density at radius 3 is 2.39 bits per heavy atom. The van der Waals surface area contributed by atoms with Crippen LogP contribution in [0.25, 0.3) is 17.5 Å². The van der Waals surface area contributed by atoms with Crippen LogP contribution in [0.15, 0.2) is 52.6 Å². The molecule has 0 aliphatic carbocycles. The number of carbonyl (C=O) groups is 1. The Morgan fingerprint density at radius 2 is 1.70 bits per heavy atom. The van der Waals surface area contributed by atoms with Crippen LogP contribution in [0.4, 0.5) is 0 Å². The van der Waals surface area contributed by atoms with Gasteiger partial charge in [0.2, 0.25) is 11.6 Å². The molecule has 6 nitrogen and oxygen atoms in total. The van der Waals surface area contributed by atoms with Gasteiger partial charge in [0, 0.05) is 12.0 Å². The summed E-state index contributed by atoms with van der Waals surface area (Å²) < 4.78 is 22.5. The van der Waals surface area contributed by atoms with Crippen molar-refractivity contribution in [3.8, 4) is 17.2 Å². The lowest BCUT2D eigenvalue weighted by Gasteiger charge is -2.14. The summed E-state index contributed by atoms with van der Waals surface area (Å²) in [5.41, 5.74) is 4.75. The molecule has 0 atom stereocenters. The second kappa shape index (κ2) is 11.4. The van der Waals surface area contributed by atoms with E-state index in [2.05, 4.69) is 4.98 Å². The predicted octanol–water partition coefficient (Wildman–Crippen LogP) is 5.83. The number of hydrogen-bond acceptors (Lipinski definition) is 6. The number of oxazole rings is 1. The van der Waals surface area contributed by atoms with Crippen LogP contribution in [0.5, 0.6) is 5.75 Å². The zero-order valence-electron chi connectivity index (χ0n) is 19.9. The van der Waals surface area contributed by atoms with E-state index in [-0.39, 0.29) is 5.76 Å². The molecule has 33 heavy (non-hydrogen) atoms. The maximum absolute atomic E-state index is 12.1. The first-order chi connectivity index (χ1) is 15.9. The number of benzene rings is 2. The molecule has 2 aromatic carbocycles. The lowest BCUT2D eigenvalue weighted by atomic mass is 10.0. The molecule has 0 saturated carbocycles. The van der Waals surface area contributed by atoms with E-state index in [1.165, 1.54) is 0 Å². The van der Waals surface area contributed by atoms with Gasteiger partial charge in [0.15, 0.2) is 0 Å². The topological polar surface area (TPSA) is 70.8 Å². The van der Waals surface area contributed by atoms with E-state index < -0.39 is 5.97 Å². The molecular formula is C27H31NO5. The molecule has 0 saturated heterocycles. The fourth-order valence-electron chi connectivity index (χ4n) is 3.41. The van der Waals surface area contributed by atoms with Crippen LogP contribution >= 0.6 is 0 Å². The Hall–Kier alpha value is -3.54. The summed E-state index contributed by atoms with van der Waals surface area (Å²) in [6.07, 6.45) is 2.36. The third-order valence-electron chi connectivity index (χ3n) is 5.35. The normalized spacial score (nSPS) is 11.4. The van der Waals surface area contributed by atoms with E-state index in [1.54, 1.807) is 13.0 Å². The van der Waals surface area contributed by atoms with E-state index >= 15 is 0 Å². The van der Waals surface area contributed by atoms with E-state index in [4.69, 9.17) is 18.6 Å². The van der Waals surface area contributed by atoms with Crippen molar-refractivity contribution in [1.29, 1.82) is 0 Å². The Balaban J connectivity index is 1.69. The maximum atomic E-state index is 12.1. The highest BCUT2D eigenvalue weighted by molar-refractivity contribution is 5.91. The van der Waals surface area contributed by atoms with Crippen molar-refractivity contribution < 1.29 is 23.4 Å². The highest BCUT2D eigenvalue weighted by Crippen LogP contribution is 2.27. The van der Waals surface area contributed by atoms with Crippen molar-refractivity contribution in [3.05, 3.63) is 76.4 Å². The van der Waals surface area contributed by atoms with Gasteiger partial charge in [-0.05, 0) is 75.6 Å². The summed E-state index contributed by atoms with van der Waals surface area (Å²) in [5.74, 6) is 1.95. The summed E-state index contributed by atoms with van der Waals surface area (Å²) in [6, 6.07) is 13.7. The van der Waals surface area contributed by atoms with Gasteiger partial charge in [-0.15, -0.1) is 0 Å². The van der Waals surface area contributed by atoms with Gasteiger partial charge in [-0.3, -0.25) is 0 Å². The van der Waals surface area contributed by atoms with E-state index in [1.807, 2.05) is 70.2 Å². The molecule has 0 unspecified atom stereocenters. The van der Waals surface area contributed by atoms with Gasteiger partial charge in [-0.2, -0.15) is 0 Å². The van der Waals surface area contributed by atoms with Crippen LogP contribution in [-0.2, 0) is 20.7 Å². The summed E-state index contributed by atoms with van der Waals surface area (Å²) >= 11 is 0. The molecular weight excluding hydrogens is 418 g/mol. The van der Waals surface area contributed by atoms with Gasteiger partial charge < -0.3 is 18.6 Å². The average Bonchev–Trinajstić information content (AvgIpc) is 3.19. The van der Waals surface area contributed by atoms with Gasteiger partial charge in [-0.25, -0.2) is 9.78 Å². The number of rotatable bonds is 10. The largest absolute Gasteiger partial charge is 0.493 e. The van der Waals surface area contributed by atoms with E-state index in [0.29, 0.717) is 32.1 Å². The summed E-state index contributed by atoms with van der Waals surface area (Å²) in [5, 5.41) is 0. The maximum Gasteiger partial charge on any atom is 0.373 e. The fourth-order valence-corrected chi connectivity index (χ4v) is 3.41. The fraction of sp³-hybridized carbons (Fsp3) is 0.333.